The maximum atomic E-state index is 11.0. The van der Waals surface area contributed by atoms with Crippen LogP contribution in [0, 0.1) is 11.8 Å². The predicted molar refractivity (Wildman–Crippen MR) is 83.7 cm³/mol. The second kappa shape index (κ2) is 7.31. The van der Waals surface area contributed by atoms with Crippen molar-refractivity contribution in [3.8, 4) is 23.0 Å². The summed E-state index contributed by atoms with van der Waals surface area (Å²) >= 11 is 0. The molecule has 0 bridgehead atoms. The molecular formula is C19H18O. The van der Waals surface area contributed by atoms with Gasteiger partial charge in [0.15, 0.2) is 6.29 Å². The number of hydrogen-bond donors (Lipinski definition) is 0. The van der Waals surface area contributed by atoms with Crippen molar-refractivity contribution in [3.05, 3.63) is 59.7 Å². The molecule has 0 spiro atoms. The van der Waals surface area contributed by atoms with Gasteiger partial charge in [0.05, 0.1) is 0 Å². The van der Waals surface area contributed by atoms with E-state index in [0.717, 1.165) is 35.8 Å². The minimum absolute atomic E-state index is 0.717. The highest BCUT2D eigenvalue weighted by atomic mass is 16.1. The lowest BCUT2D eigenvalue weighted by Gasteiger charge is -2.04. The molecule has 0 fully saturated rings. The van der Waals surface area contributed by atoms with Gasteiger partial charge in [0, 0.05) is 17.5 Å². The first-order valence-corrected chi connectivity index (χ1v) is 6.98. The number of hydrogen-bond acceptors (Lipinski definition) is 1. The maximum Gasteiger partial charge on any atom is 0.150 e. The van der Waals surface area contributed by atoms with Gasteiger partial charge in [-0.2, -0.15) is 0 Å². The van der Waals surface area contributed by atoms with Crippen molar-refractivity contribution in [2.24, 2.45) is 0 Å². The minimum atomic E-state index is 0.717. The molecule has 1 heteroatoms. The number of rotatable bonds is 4. The second-order valence-electron chi connectivity index (χ2n) is 4.69. The molecule has 0 saturated carbocycles. The van der Waals surface area contributed by atoms with E-state index in [-0.39, 0.29) is 0 Å². The van der Waals surface area contributed by atoms with Crippen molar-refractivity contribution >= 4 is 6.29 Å². The van der Waals surface area contributed by atoms with Gasteiger partial charge >= 0.3 is 0 Å². The van der Waals surface area contributed by atoms with Gasteiger partial charge in [-0.3, -0.25) is 4.79 Å². The Kier molecular flexibility index (Phi) is 5.15. The normalized spacial score (nSPS) is 9.65. The summed E-state index contributed by atoms with van der Waals surface area (Å²) in [7, 11) is 0. The highest BCUT2D eigenvalue weighted by Crippen LogP contribution is 2.22. The second-order valence-corrected chi connectivity index (χ2v) is 4.69. The van der Waals surface area contributed by atoms with Crippen LogP contribution in [0.25, 0.3) is 11.1 Å². The van der Waals surface area contributed by atoms with E-state index in [1.807, 2.05) is 48.5 Å². The summed E-state index contributed by atoms with van der Waals surface area (Å²) in [5.74, 6) is 6.35. The molecule has 0 heterocycles. The number of carbonyl (C=O) groups is 1. The summed E-state index contributed by atoms with van der Waals surface area (Å²) in [6, 6.07) is 15.7. The third-order valence-corrected chi connectivity index (χ3v) is 3.17. The van der Waals surface area contributed by atoms with Crippen molar-refractivity contribution in [2.75, 3.05) is 0 Å². The number of carbonyl (C=O) groups excluding carboxylic acids is 1. The molecule has 0 aliphatic rings. The van der Waals surface area contributed by atoms with E-state index in [2.05, 4.69) is 18.8 Å². The van der Waals surface area contributed by atoms with Crippen molar-refractivity contribution in [3.63, 3.8) is 0 Å². The maximum absolute atomic E-state index is 11.0. The molecule has 100 valence electrons. The van der Waals surface area contributed by atoms with E-state index in [4.69, 9.17) is 0 Å². The molecule has 0 unspecified atom stereocenters. The Bertz CT molecular complexity index is 627. The van der Waals surface area contributed by atoms with Gasteiger partial charge in [-0.1, -0.05) is 61.6 Å². The zero-order valence-electron chi connectivity index (χ0n) is 11.7. The van der Waals surface area contributed by atoms with E-state index >= 15 is 0 Å². The molecule has 0 aliphatic heterocycles. The molecule has 0 aromatic heterocycles. The standard InChI is InChI=1S/C19H18O/c1-2-3-4-5-8-16-11-13-17(14-12-16)19-10-7-6-9-18(19)15-20/h6-7,9-15H,2-4H2,1H3. The molecule has 1 nitrogen and oxygen atoms in total. The molecule has 2 rings (SSSR count). The van der Waals surface area contributed by atoms with E-state index in [1.54, 1.807) is 0 Å². The Morgan fingerprint density at radius 3 is 2.50 bits per heavy atom. The van der Waals surface area contributed by atoms with E-state index in [9.17, 15) is 4.79 Å². The predicted octanol–water partition coefficient (Wildman–Crippen LogP) is 4.71. The summed E-state index contributed by atoms with van der Waals surface area (Å²) in [4.78, 5) is 11.0. The van der Waals surface area contributed by atoms with Crippen molar-refractivity contribution in [1.82, 2.24) is 0 Å². The zero-order valence-corrected chi connectivity index (χ0v) is 11.7. The molecular weight excluding hydrogens is 244 g/mol. The van der Waals surface area contributed by atoms with Crippen molar-refractivity contribution in [2.45, 2.75) is 26.2 Å². The Hall–Kier alpha value is -2.33. The van der Waals surface area contributed by atoms with Crippen LogP contribution < -0.4 is 0 Å². The smallest absolute Gasteiger partial charge is 0.150 e. The summed E-state index contributed by atoms with van der Waals surface area (Å²) in [6.45, 7) is 2.17. The first-order chi connectivity index (χ1) is 9.85. The average molecular weight is 262 g/mol. The summed E-state index contributed by atoms with van der Waals surface area (Å²) in [6.07, 6.45) is 4.17. The van der Waals surface area contributed by atoms with Crippen LogP contribution in [0.1, 0.15) is 42.1 Å². The van der Waals surface area contributed by atoms with Crippen LogP contribution in [-0.4, -0.2) is 6.29 Å². The molecule has 0 N–H and O–H groups in total. The van der Waals surface area contributed by atoms with E-state index < -0.39 is 0 Å². The summed E-state index contributed by atoms with van der Waals surface area (Å²) in [5, 5.41) is 0. The van der Waals surface area contributed by atoms with Crippen LogP contribution in [0.4, 0.5) is 0 Å². The van der Waals surface area contributed by atoms with Gasteiger partial charge in [0.2, 0.25) is 0 Å². The lowest BCUT2D eigenvalue weighted by Crippen LogP contribution is -1.86. The van der Waals surface area contributed by atoms with Gasteiger partial charge < -0.3 is 0 Å². The third-order valence-electron chi connectivity index (χ3n) is 3.17. The van der Waals surface area contributed by atoms with Crippen LogP contribution in [-0.2, 0) is 0 Å². The molecule has 0 atom stereocenters. The monoisotopic (exact) mass is 262 g/mol. The average Bonchev–Trinajstić information content (AvgIpc) is 2.52. The highest BCUT2D eigenvalue weighted by Gasteiger charge is 2.02. The Balaban J connectivity index is 2.19. The summed E-state index contributed by atoms with van der Waals surface area (Å²) < 4.78 is 0. The van der Waals surface area contributed by atoms with E-state index in [1.165, 1.54) is 6.42 Å². The molecule has 0 radical (unpaired) electrons. The Labute approximate surface area is 120 Å². The fraction of sp³-hybridized carbons (Fsp3) is 0.211. The Morgan fingerprint density at radius 1 is 1.05 bits per heavy atom. The van der Waals surface area contributed by atoms with Crippen LogP contribution in [0.15, 0.2) is 48.5 Å². The topological polar surface area (TPSA) is 17.1 Å². The molecule has 0 aliphatic carbocycles. The highest BCUT2D eigenvalue weighted by molar-refractivity contribution is 5.87. The first-order valence-electron chi connectivity index (χ1n) is 6.98. The van der Waals surface area contributed by atoms with Gasteiger partial charge in [0.1, 0.15) is 0 Å². The fourth-order valence-electron chi connectivity index (χ4n) is 2.03. The number of aldehydes is 1. The minimum Gasteiger partial charge on any atom is -0.298 e. The van der Waals surface area contributed by atoms with Crippen LogP contribution in [0.3, 0.4) is 0 Å². The van der Waals surface area contributed by atoms with Gasteiger partial charge in [-0.05, 0) is 29.7 Å². The zero-order chi connectivity index (χ0) is 14.2. The van der Waals surface area contributed by atoms with Crippen LogP contribution in [0.5, 0.6) is 0 Å². The third kappa shape index (κ3) is 3.59. The summed E-state index contributed by atoms with van der Waals surface area (Å²) in [5.41, 5.74) is 3.75. The lowest BCUT2D eigenvalue weighted by molar-refractivity contribution is 0.112. The van der Waals surface area contributed by atoms with Gasteiger partial charge in [-0.15, -0.1) is 0 Å². The molecule has 2 aromatic carbocycles. The van der Waals surface area contributed by atoms with Gasteiger partial charge in [-0.25, -0.2) is 0 Å². The van der Waals surface area contributed by atoms with Crippen molar-refractivity contribution in [1.29, 1.82) is 0 Å². The Morgan fingerprint density at radius 2 is 1.80 bits per heavy atom. The number of unbranched alkanes of at least 4 members (excludes halogenated alkanes) is 2. The fourth-order valence-corrected chi connectivity index (χ4v) is 2.03. The molecule has 0 saturated heterocycles. The van der Waals surface area contributed by atoms with Crippen LogP contribution in [0.2, 0.25) is 0 Å². The van der Waals surface area contributed by atoms with E-state index in [0.29, 0.717) is 5.56 Å². The largest absolute Gasteiger partial charge is 0.298 e. The van der Waals surface area contributed by atoms with Crippen LogP contribution >= 0.6 is 0 Å². The molecule has 20 heavy (non-hydrogen) atoms. The SMILES string of the molecule is CCCCC#Cc1ccc(-c2ccccc2C=O)cc1. The van der Waals surface area contributed by atoms with Crippen molar-refractivity contribution < 1.29 is 4.79 Å². The molecule has 2 aromatic rings. The van der Waals surface area contributed by atoms with Gasteiger partial charge in [0.25, 0.3) is 0 Å². The lowest BCUT2D eigenvalue weighted by atomic mass is 9.99. The number of benzene rings is 2. The molecule has 0 amide bonds. The first kappa shape index (κ1) is 14.1. The quantitative estimate of drug-likeness (QED) is 0.443.